The Bertz CT molecular complexity index is 1620. The molecule has 45 heavy (non-hydrogen) atoms. The van der Waals surface area contributed by atoms with Crippen molar-refractivity contribution in [1.82, 2.24) is 0 Å². The molecule has 5 nitrogen and oxygen atoms in total. The maximum atomic E-state index is 12.4. The van der Waals surface area contributed by atoms with E-state index in [1.54, 1.807) is 6.08 Å². The van der Waals surface area contributed by atoms with Crippen LogP contribution in [0.15, 0.2) is 109 Å². The van der Waals surface area contributed by atoms with Crippen LogP contribution in [0.4, 0.5) is 5.69 Å². The van der Waals surface area contributed by atoms with Crippen molar-refractivity contribution in [1.29, 1.82) is 0 Å². The number of esters is 1. The summed E-state index contributed by atoms with van der Waals surface area (Å²) >= 11 is 0. The first-order valence-corrected chi connectivity index (χ1v) is 15.5. The number of hydrogen-bond donors (Lipinski definition) is 0. The quantitative estimate of drug-likeness (QED) is 0.0479. The fourth-order valence-electron chi connectivity index (χ4n) is 4.66. The Labute approximate surface area is 268 Å². The van der Waals surface area contributed by atoms with E-state index in [9.17, 15) is 4.79 Å². The Balaban J connectivity index is 1.08. The van der Waals surface area contributed by atoms with Crippen LogP contribution in [0.25, 0.3) is 22.0 Å². The van der Waals surface area contributed by atoms with E-state index < -0.39 is 5.97 Å². The molecule has 0 N–H and O–H groups in total. The number of anilines is 1. The zero-order chi connectivity index (χ0) is 31.7. The van der Waals surface area contributed by atoms with Crippen LogP contribution in [0.5, 0.6) is 5.75 Å². The van der Waals surface area contributed by atoms with Crippen LogP contribution in [0.2, 0.25) is 0 Å². The van der Waals surface area contributed by atoms with Gasteiger partial charge in [0.2, 0.25) is 0 Å². The average Bonchev–Trinajstić information content (AvgIpc) is 3.08. The molecule has 0 aliphatic rings. The smallest absolute Gasteiger partial charge is 0.336 e. The number of benzene rings is 4. The van der Waals surface area contributed by atoms with Gasteiger partial charge in [-0.25, -0.2) is 4.85 Å². The van der Waals surface area contributed by atoms with Gasteiger partial charge in [0.15, 0.2) is 0 Å². The number of unbranched alkanes of at least 4 members (excludes halogenated alkanes) is 5. The van der Waals surface area contributed by atoms with Gasteiger partial charge in [-0.1, -0.05) is 92.1 Å². The van der Waals surface area contributed by atoms with Gasteiger partial charge >= 0.3 is 5.97 Å². The number of nitrogens with zero attached hydrogens (tertiary/aromatic N) is 2. The van der Waals surface area contributed by atoms with Gasteiger partial charge in [0.1, 0.15) is 5.75 Å². The predicted octanol–water partition coefficient (Wildman–Crippen LogP) is 9.04. The second kappa shape index (κ2) is 17.8. The summed E-state index contributed by atoms with van der Waals surface area (Å²) in [6.45, 7) is 8.45. The molecular weight excluding hydrogens is 556 g/mol. The van der Waals surface area contributed by atoms with Crippen LogP contribution in [-0.2, 0) is 9.53 Å². The van der Waals surface area contributed by atoms with E-state index in [0.29, 0.717) is 13.2 Å². The Morgan fingerprint density at radius 3 is 1.87 bits per heavy atom. The van der Waals surface area contributed by atoms with Gasteiger partial charge in [-0.3, -0.25) is 4.79 Å². The highest BCUT2D eigenvalue weighted by Crippen LogP contribution is 2.22. The van der Waals surface area contributed by atoms with Crippen molar-refractivity contribution in [3.63, 3.8) is 0 Å². The maximum Gasteiger partial charge on any atom is 0.336 e. The summed E-state index contributed by atoms with van der Waals surface area (Å²) in [4.78, 5) is 17.9. The third kappa shape index (κ3) is 11.1. The molecule has 4 rings (SSSR count). The van der Waals surface area contributed by atoms with Gasteiger partial charge in [0.25, 0.3) is 5.70 Å². The van der Waals surface area contributed by atoms with Crippen LogP contribution >= 0.6 is 0 Å². The summed E-state index contributed by atoms with van der Waals surface area (Å²) in [5.41, 5.74) is 6.04. The number of ether oxygens (including phenoxy) is 2. The first-order chi connectivity index (χ1) is 22.0. The molecule has 4 aromatic carbocycles. The summed E-state index contributed by atoms with van der Waals surface area (Å²) in [6, 6.07) is 34.1. The first-order valence-electron chi connectivity index (χ1n) is 15.5. The van der Waals surface area contributed by atoms with Crippen molar-refractivity contribution in [3.8, 4) is 28.7 Å². The topological polar surface area (TPSA) is 43.1 Å². The highest BCUT2D eigenvalue weighted by atomic mass is 16.5. The highest BCUT2D eigenvalue weighted by molar-refractivity contribution is 5.95. The van der Waals surface area contributed by atoms with Crippen molar-refractivity contribution in [2.24, 2.45) is 0 Å². The van der Waals surface area contributed by atoms with E-state index in [2.05, 4.69) is 41.0 Å². The number of hydrogen-bond acceptors (Lipinski definition) is 4. The molecule has 4 aromatic rings. The number of carbonyl (C=O) groups excluding carboxylic acids is 1. The van der Waals surface area contributed by atoms with Crippen molar-refractivity contribution in [2.45, 2.75) is 38.5 Å². The van der Waals surface area contributed by atoms with Crippen LogP contribution in [0.3, 0.4) is 0 Å². The van der Waals surface area contributed by atoms with Crippen LogP contribution in [0, 0.1) is 18.4 Å². The van der Waals surface area contributed by atoms with E-state index in [4.69, 9.17) is 16.0 Å². The van der Waals surface area contributed by atoms with Crippen molar-refractivity contribution >= 4 is 17.7 Å². The SMILES string of the molecule is [C-]#[N+]/C(=C\c1ccc(C#Cc2ccc(N(C)C)cc2)cc1)C(=O)OCCCCCCCCOc1ccc(-c2ccccc2)cc1. The molecule has 0 radical (unpaired) electrons. The largest absolute Gasteiger partial charge is 0.494 e. The monoisotopic (exact) mass is 596 g/mol. The lowest BCUT2D eigenvalue weighted by Gasteiger charge is -2.11. The molecule has 5 heteroatoms. The molecule has 0 atom stereocenters. The van der Waals surface area contributed by atoms with Crippen molar-refractivity contribution in [2.75, 3.05) is 32.2 Å². The van der Waals surface area contributed by atoms with Gasteiger partial charge < -0.3 is 14.4 Å². The zero-order valence-electron chi connectivity index (χ0n) is 26.2. The second-order valence-corrected chi connectivity index (χ2v) is 11.0. The minimum absolute atomic E-state index is 0.0236. The standard InChI is InChI=1S/C40H40N2O3/c1-41-39(31-34-19-17-32(18-20-34)15-16-33-21-25-37(26-22-33)42(2)3)40(43)45-30-12-7-5-4-6-11-29-44-38-27-23-36(24-28-38)35-13-9-8-10-14-35/h8-10,13-14,17-28,31H,4-7,11-12,29-30H2,2-3H3/b39-31-. The van der Waals surface area contributed by atoms with E-state index in [-0.39, 0.29) is 5.70 Å². The number of rotatable bonds is 14. The van der Waals surface area contributed by atoms with Crippen molar-refractivity contribution < 1.29 is 14.3 Å². The molecule has 0 aliphatic carbocycles. The van der Waals surface area contributed by atoms with E-state index in [1.807, 2.05) is 97.9 Å². The minimum Gasteiger partial charge on any atom is -0.494 e. The molecule has 0 spiro atoms. The van der Waals surface area contributed by atoms with Gasteiger partial charge in [0.05, 0.1) is 19.8 Å². The normalized spacial score (nSPS) is 10.7. The Hall–Kier alpha value is -5.26. The number of carbonyl (C=O) groups is 1. The summed E-state index contributed by atoms with van der Waals surface area (Å²) in [5, 5.41) is 0. The van der Waals surface area contributed by atoms with Crippen LogP contribution < -0.4 is 9.64 Å². The summed E-state index contributed by atoms with van der Waals surface area (Å²) < 4.78 is 11.3. The molecule has 0 amide bonds. The molecule has 0 heterocycles. The van der Waals surface area contributed by atoms with E-state index >= 15 is 0 Å². The Kier molecular flexibility index (Phi) is 12.9. The summed E-state index contributed by atoms with van der Waals surface area (Å²) in [5.74, 6) is 6.64. The molecule has 0 aliphatic heterocycles. The molecule has 0 bridgehead atoms. The van der Waals surface area contributed by atoms with Gasteiger partial charge in [-0.05, 0) is 84.1 Å². The van der Waals surface area contributed by atoms with Gasteiger partial charge in [-0.15, -0.1) is 0 Å². The van der Waals surface area contributed by atoms with Gasteiger partial charge in [0, 0.05) is 30.9 Å². The fourth-order valence-corrected chi connectivity index (χ4v) is 4.66. The highest BCUT2D eigenvalue weighted by Gasteiger charge is 2.11. The van der Waals surface area contributed by atoms with Crippen LogP contribution in [0.1, 0.15) is 55.2 Å². The second-order valence-electron chi connectivity index (χ2n) is 11.0. The fraction of sp³-hybridized carbons (Fsp3) is 0.250. The maximum absolute atomic E-state index is 12.4. The lowest BCUT2D eigenvalue weighted by atomic mass is 10.1. The zero-order valence-corrected chi connectivity index (χ0v) is 26.2. The van der Waals surface area contributed by atoms with E-state index in [1.165, 1.54) is 11.1 Å². The van der Waals surface area contributed by atoms with E-state index in [0.717, 1.165) is 66.7 Å². The predicted molar refractivity (Wildman–Crippen MR) is 184 cm³/mol. The lowest BCUT2D eigenvalue weighted by Crippen LogP contribution is -2.07. The van der Waals surface area contributed by atoms with Crippen molar-refractivity contribution in [3.05, 3.63) is 137 Å². The summed E-state index contributed by atoms with van der Waals surface area (Å²) in [7, 11) is 4.01. The molecule has 0 aromatic heterocycles. The Morgan fingerprint density at radius 2 is 1.27 bits per heavy atom. The summed E-state index contributed by atoms with van der Waals surface area (Å²) in [6.07, 6.45) is 7.62. The molecule has 0 fully saturated rings. The van der Waals surface area contributed by atoms with Gasteiger partial charge in [-0.2, -0.15) is 0 Å². The minimum atomic E-state index is -0.580. The average molecular weight is 597 g/mol. The molecule has 0 unspecified atom stereocenters. The van der Waals surface area contributed by atoms with Crippen LogP contribution in [-0.4, -0.2) is 33.3 Å². The lowest BCUT2D eigenvalue weighted by molar-refractivity contribution is -0.138. The molecule has 0 saturated heterocycles. The Morgan fingerprint density at radius 1 is 0.711 bits per heavy atom. The molecule has 228 valence electrons. The molecule has 0 saturated carbocycles. The molecular formula is C40H40N2O3. The third-order valence-electron chi connectivity index (χ3n) is 7.28. The third-order valence-corrected chi connectivity index (χ3v) is 7.28. The first kappa shape index (κ1) is 32.6.